The largest absolute Gasteiger partial charge is 0.189 e. The highest BCUT2D eigenvalue weighted by molar-refractivity contribution is 5.18. The van der Waals surface area contributed by atoms with Crippen LogP contribution < -0.4 is 0 Å². The van der Waals surface area contributed by atoms with Gasteiger partial charge in [-0.3, -0.25) is 0 Å². The molecule has 1 nitrogen and oxygen atoms in total. The molecule has 0 unspecified atom stereocenters. The van der Waals surface area contributed by atoms with Crippen molar-refractivity contribution in [2.45, 2.75) is 6.92 Å². The van der Waals surface area contributed by atoms with Gasteiger partial charge in [0.05, 0.1) is 0 Å². The zero-order chi connectivity index (χ0) is 7.82. The Hall–Kier alpha value is -0.890. The van der Waals surface area contributed by atoms with Crippen molar-refractivity contribution in [3.05, 3.63) is 36.5 Å². The first-order chi connectivity index (χ1) is 4.81. The summed E-state index contributed by atoms with van der Waals surface area (Å²) >= 11 is 0. The molecule has 0 aromatic heterocycles. The zero-order valence-electron chi connectivity index (χ0n) is 6.01. The lowest BCUT2D eigenvalue weighted by molar-refractivity contribution is -0.119. The van der Waals surface area contributed by atoms with E-state index < -0.39 is 0 Å². The molecule has 0 fully saturated rings. The molecule has 0 radical (unpaired) electrons. The van der Waals surface area contributed by atoms with Crippen LogP contribution in [0.5, 0.6) is 0 Å². The molecule has 10 heavy (non-hydrogen) atoms. The Morgan fingerprint density at radius 1 is 1.60 bits per heavy atom. The number of hydrogen-bond acceptors (Lipinski definition) is 1. The van der Waals surface area contributed by atoms with Crippen molar-refractivity contribution in [2.75, 3.05) is 6.61 Å². The summed E-state index contributed by atoms with van der Waals surface area (Å²) in [6.45, 7) is 5.37. The highest BCUT2D eigenvalue weighted by atomic mass is 19.3. The van der Waals surface area contributed by atoms with Gasteiger partial charge >= 0.3 is 0 Å². The zero-order valence-corrected chi connectivity index (χ0v) is 6.01. The molecule has 0 bridgehead atoms. The van der Waals surface area contributed by atoms with Crippen molar-refractivity contribution in [3.8, 4) is 0 Å². The van der Waals surface area contributed by atoms with Gasteiger partial charge in [-0.25, -0.2) is 0 Å². The molecule has 0 aromatic rings. The van der Waals surface area contributed by atoms with E-state index in [-0.39, 0.29) is 6.61 Å². The predicted octanol–water partition coefficient (Wildman–Crippen LogP) is 2.58. The highest BCUT2D eigenvalue weighted by Gasteiger charge is 1.84. The van der Waals surface area contributed by atoms with E-state index >= 15 is 0 Å². The van der Waals surface area contributed by atoms with Crippen molar-refractivity contribution < 1.29 is 9.47 Å². The third-order valence-electron chi connectivity index (χ3n) is 0.875. The van der Waals surface area contributed by atoms with Crippen LogP contribution in [0.3, 0.4) is 0 Å². The predicted molar refractivity (Wildman–Crippen MR) is 40.2 cm³/mol. The second-order valence-corrected chi connectivity index (χ2v) is 1.80. The maximum absolute atomic E-state index is 11.1. The summed E-state index contributed by atoms with van der Waals surface area (Å²) in [5, 5.41) is 0. The van der Waals surface area contributed by atoms with E-state index in [0.717, 1.165) is 0 Å². The van der Waals surface area contributed by atoms with Gasteiger partial charge in [0.15, 0.2) is 0 Å². The van der Waals surface area contributed by atoms with Gasteiger partial charge in [0, 0.05) is 0 Å². The van der Waals surface area contributed by atoms with Crippen molar-refractivity contribution in [3.63, 3.8) is 0 Å². The first-order valence-corrected chi connectivity index (χ1v) is 3.02. The molecule has 0 N–H and O–H groups in total. The van der Waals surface area contributed by atoms with Gasteiger partial charge in [-0.15, -0.1) is 0 Å². The number of allylic oxidation sites excluding steroid dienone is 3. The normalized spacial score (nSPS) is 11.4. The molecule has 0 spiro atoms. The SMILES string of the molecule is C=C(/C=C\C=C/C)COF. The van der Waals surface area contributed by atoms with Gasteiger partial charge in [0.2, 0.25) is 0 Å². The van der Waals surface area contributed by atoms with Crippen LogP contribution in [0.2, 0.25) is 0 Å². The maximum atomic E-state index is 11.1. The molecule has 56 valence electrons. The minimum Gasteiger partial charge on any atom is -0.189 e. The summed E-state index contributed by atoms with van der Waals surface area (Å²) in [4.78, 5) is 3.36. The fourth-order valence-electron chi connectivity index (χ4n) is 0.421. The summed E-state index contributed by atoms with van der Waals surface area (Å²) in [6, 6.07) is 0. The standard InChI is InChI=1S/C8H11FO/c1-3-4-5-6-8(2)7-10-9/h3-6H,2,7H2,1H3/b4-3-,6-5-. The van der Waals surface area contributed by atoms with Gasteiger partial charge in [0.1, 0.15) is 6.61 Å². The van der Waals surface area contributed by atoms with Crippen LogP contribution >= 0.6 is 0 Å². The summed E-state index contributed by atoms with van der Waals surface area (Å²) < 4.78 is 11.1. The minimum atomic E-state index is -0.0615. The van der Waals surface area contributed by atoms with E-state index in [0.29, 0.717) is 5.57 Å². The Bertz CT molecular complexity index is 147. The van der Waals surface area contributed by atoms with Crippen molar-refractivity contribution in [1.29, 1.82) is 0 Å². The average Bonchev–Trinajstić information content (AvgIpc) is 1.89. The summed E-state index contributed by atoms with van der Waals surface area (Å²) in [6.07, 6.45) is 7.18. The molecule has 0 aliphatic rings. The fourth-order valence-corrected chi connectivity index (χ4v) is 0.421. The first kappa shape index (κ1) is 9.11. The van der Waals surface area contributed by atoms with Crippen LogP contribution in [0.1, 0.15) is 6.92 Å². The number of hydrogen-bond donors (Lipinski definition) is 0. The second-order valence-electron chi connectivity index (χ2n) is 1.80. The molecule has 0 aromatic carbocycles. The average molecular weight is 142 g/mol. The smallest absolute Gasteiger partial charge is 0.112 e. The monoisotopic (exact) mass is 142 g/mol. The van der Waals surface area contributed by atoms with E-state index in [1.807, 2.05) is 19.1 Å². The van der Waals surface area contributed by atoms with Gasteiger partial charge in [-0.2, -0.15) is 4.94 Å². The van der Waals surface area contributed by atoms with Crippen molar-refractivity contribution in [1.82, 2.24) is 0 Å². The molecule has 0 saturated carbocycles. The number of halogens is 1. The lowest BCUT2D eigenvalue weighted by Crippen LogP contribution is -1.84. The Kier molecular flexibility index (Phi) is 5.68. The molecule has 0 heterocycles. The summed E-state index contributed by atoms with van der Waals surface area (Å²) in [7, 11) is 0. The Morgan fingerprint density at radius 2 is 2.30 bits per heavy atom. The van der Waals surface area contributed by atoms with Gasteiger partial charge < -0.3 is 0 Å². The van der Waals surface area contributed by atoms with Crippen LogP contribution in [0.15, 0.2) is 36.5 Å². The molecular weight excluding hydrogens is 131 g/mol. The lowest BCUT2D eigenvalue weighted by atomic mass is 10.3. The Labute approximate surface area is 60.4 Å². The van der Waals surface area contributed by atoms with Gasteiger partial charge in [0.25, 0.3) is 0 Å². The third kappa shape index (κ3) is 5.25. The third-order valence-corrected chi connectivity index (χ3v) is 0.875. The second kappa shape index (κ2) is 6.23. The molecule has 0 rings (SSSR count). The van der Waals surface area contributed by atoms with E-state index in [4.69, 9.17) is 0 Å². The fraction of sp³-hybridized carbons (Fsp3) is 0.250. The maximum Gasteiger partial charge on any atom is 0.112 e. The topological polar surface area (TPSA) is 9.23 Å². The number of rotatable bonds is 4. The summed E-state index contributed by atoms with van der Waals surface area (Å²) in [5.74, 6) is 0. The quantitative estimate of drug-likeness (QED) is 0.548. The lowest BCUT2D eigenvalue weighted by Gasteiger charge is -1.89. The van der Waals surface area contributed by atoms with Crippen LogP contribution in [0.25, 0.3) is 0 Å². The van der Waals surface area contributed by atoms with E-state index in [1.54, 1.807) is 12.2 Å². The minimum absolute atomic E-state index is 0.0615. The van der Waals surface area contributed by atoms with Gasteiger partial charge in [-0.05, 0) is 17.0 Å². The first-order valence-electron chi connectivity index (χ1n) is 3.02. The molecule has 2 heteroatoms. The van der Waals surface area contributed by atoms with Crippen molar-refractivity contribution in [2.24, 2.45) is 0 Å². The molecule has 0 amide bonds. The van der Waals surface area contributed by atoms with Crippen LogP contribution in [-0.2, 0) is 4.94 Å². The van der Waals surface area contributed by atoms with E-state index in [1.165, 1.54) is 0 Å². The van der Waals surface area contributed by atoms with Crippen LogP contribution in [-0.4, -0.2) is 6.61 Å². The Balaban J connectivity index is 3.56. The Morgan fingerprint density at radius 3 is 2.80 bits per heavy atom. The molecule has 0 saturated heterocycles. The summed E-state index contributed by atoms with van der Waals surface area (Å²) in [5.41, 5.74) is 0.612. The van der Waals surface area contributed by atoms with E-state index in [9.17, 15) is 4.53 Å². The van der Waals surface area contributed by atoms with Crippen molar-refractivity contribution >= 4 is 0 Å². The van der Waals surface area contributed by atoms with E-state index in [2.05, 4.69) is 11.5 Å². The highest BCUT2D eigenvalue weighted by Crippen LogP contribution is 1.94. The molecular formula is C8H11FO. The molecule has 0 aliphatic heterocycles. The van der Waals surface area contributed by atoms with Crippen LogP contribution in [0.4, 0.5) is 4.53 Å². The molecule has 0 aliphatic carbocycles. The van der Waals surface area contributed by atoms with Crippen LogP contribution in [0, 0.1) is 0 Å². The molecule has 0 atom stereocenters. The van der Waals surface area contributed by atoms with Gasteiger partial charge in [-0.1, -0.05) is 30.9 Å².